The molecule has 0 unspecified atom stereocenters. The van der Waals surface area contributed by atoms with Gasteiger partial charge in [0, 0.05) is 6.08 Å². The Kier molecular flexibility index (Phi) is 2.88. The molecular formula is C11H16O4. The summed E-state index contributed by atoms with van der Waals surface area (Å²) in [5, 5.41) is 8.48. The van der Waals surface area contributed by atoms with E-state index in [2.05, 4.69) is 0 Å². The fourth-order valence-corrected chi connectivity index (χ4v) is 1.18. The summed E-state index contributed by atoms with van der Waals surface area (Å²) in [6.45, 7) is 5.38. The number of hydrogen-bond donors (Lipinski definition) is 1. The molecule has 0 spiro atoms. The van der Waals surface area contributed by atoms with Crippen LogP contribution in [0.5, 0.6) is 0 Å². The summed E-state index contributed by atoms with van der Waals surface area (Å²) in [6.07, 6.45) is 3.79. The van der Waals surface area contributed by atoms with E-state index in [1.54, 1.807) is 20.8 Å². The Bertz CT molecular complexity index is 305. The lowest BCUT2D eigenvalue weighted by molar-refractivity contribution is -0.159. The molecule has 1 aliphatic carbocycles. The average molecular weight is 212 g/mol. The van der Waals surface area contributed by atoms with Crippen LogP contribution >= 0.6 is 0 Å². The van der Waals surface area contributed by atoms with Crippen LogP contribution in [0.15, 0.2) is 12.2 Å². The Morgan fingerprint density at radius 3 is 2.20 bits per heavy atom. The van der Waals surface area contributed by atoms with Crippen molar-refractivity contribution in [3.05, 3.63) is 12.2 Å². The minimum Gasteiger partial charge on any atom is -0.478 e. The summed E-state index contributed by atoms with van der Waals surface area (Å²) in [4.78, 5) is 22.0. The minimum atomic E-state index is -1.04. The predicted octanol–water partition coefficient (Wildman–Crippen LogP) is 1.75. The molecule has 15 heavy (non-hydrogen) atoms. The molecule has 0 bridgehead atoms. The molecule has 4 heteroatoms. The van der Waals surface area contributed by atoms with Gasteiger partial charge < -0.3 is 9.84 Å². The smallest absolute Gasteiger partial charge is 0.328 e. The first-order valence-corrected chi connectivity index (χ1v) is 4.91. The second-order valence-electron chi connectivity index (χ2n) is 4.83. The van der Waals surface area contributed by atoms with E-state index in [1.165, 1.54) is 6.08 Å². The lowest BCUT2D eigenvalue weighted by atomic mass is 10.1. The van der Waals surface area contributed by atoms with Gasteiger partial charge in [0.1, 0.15) is 5.60 Å². The molecular weight excluding hydrogens is 196 g/mol. The van der Waals surface area contributed by atoms with E-state index in [-0.39, 0.29) is 5.97 Å². The molecule has 0 saturated heterocycles. The van der Waals surface area contributed by atoms with Gasteiger partial charge in [0.15, 0.2) is 0 Å². The van der Waals surface area contributed by atoms with E-state index in [9.17, 15) is 9.59 Å². The molecule has 0 aromatic rings. The number of carbonyl (C=O) groups is 2. The van der Waals surface area contributed by atoms with Crippen molar-refractivity contribution in [3.63, 3.8) is 0 Å². The fraction of sp³-hybridized carbons (Fsp3) is 0.636. The summed E-state index contributed by atoms with van der Waals surface area (Å²) < 4.78 is 5.21. The zero-order valence-electron chi connectivity index (χ0n) is 9.24. The van der Waals surface area contributed by atoms with Crippen molar-refractivity contribution >= 4 is 11.9 Å². The maximum atomic E-state index is 11.7. The summed E-state index contributed by atoms with van der Waals surface area (Å²) in [5.74, 6) is -1.36. The highest BCUT2D eigenvalue weighted by atomic mass is 16.6. The predicted molar refractivity (Wildman–Crippen MR) is 54.3 cm³/mol. The van der Waals surface area contributed by atoms with Crippen LogP contribution in [-0.2, 0) is 14.3 Å². The molecule has 1 aliphatic rings. The van der Waals surface area contributed by atoms with Gasteiger partial charge in [-0.25, -0.2) is 4.79 Å². The third kappa shape index (κ3) is 3.38. The zero-order chi connectivity index (χ0) is 11.7. The van der Waals surface area contributed by atoms with Crippen molar-refractivity contribution in [2.45, 2.75) is 39.2 Å². The average Bonchev–Trinajstić information content (AvgIpc) is 2.77. The minimum absolute atomic E-state index is 0.326. The zero-order valence-corrected chi connectivity index (χ0v) is 9.24. The lowest BCUT2D eigenvalue weighted by Gasteiger charge is -2.22. The molecule has 0 aromatic heterocycles. The van der Waals surface area contributed by atoms with Gasteiger partial charge in [-0.15, -0.1) is 0 Å². The Labute approximate surface area is 88.9 Å². The van der Waals surface area contributed by atoms with Gasteiger partial charge in [0.2, 0.25) is 0 Å². The topological polar surface area (TPSA) is 63.6 Å². The number of hydrogen-bond acceptors (Lipinski definition) is 3. The van der Waals surface area contributed by atoms with Gasteiger partial charge in [-0.2, -0.15) is 0 Å². The standard InChI is InChI=1S/C11H16O4/c1-10(2,3)15-9(14)11(6-7-11)5-4-8(12)13/h4-5H,6-7H2,1-3H3,(H,12,13). The number of aliphatic carboxylic acids is 1. The van der Waals surface area contributed by atoms with Crippen molar-refractivity contribution in [1.82, 2.24) is 0 Å². The molecule has 1 rings (SSSR count). The molecule has 0 aromatic carbocycles. The number of carbonyl (C=O) groups excluding carboxylic acids is 1. The van der Waals surface area contributed by atoms with Gasteiger partial charge in [0.25, 0.3) is 0 Å². The maximum Gasteiger partial charge on any atom is 0.328 e. The number of carboxylic acids is 1. The third-order valence-electron chi connectivity index (χ3n) is 2.14. The summed E-state index contributed by atoms with van der Waals surface area (Å²) in [5.41, 5.74) is -1.20. The SMILES string of the molecule is CC(C)(C)OC(=O)C1(C=CC(=O)O)CC1. The van der Waals surface area contributed by atoms with E-state index in [0.717, 1.165) is 6.08 Å². The molecule has 1 fully saturated rings. The van der Waals surface area contributed by atoms with Crippen LogP contribution in [0.4, 0.5) is 0 Å². The molecule has 0 heterocycles. The Morgan fingerprint density at radius 1 is 1.33 bits per heavy atom. The van der Waals surface area contributed by atoms with Crippen molar-refractivity contribution in [2.75, 3.05) is 0 Å². The van der Waals surface area contributed by atoms with Crippen LogP contribution in [0.2, 0.25) is 0 Å². The lowest BCUT2D eigenvalue weighted by Crippen LogP contribution is -2.28. The van der Waals surface area contributed by atoms with Gasteiger partial charge in [-0.05, 0) is 33.6 Å². The van der Waals surface area contributed by atoms with E-state index in [1.807, 2.05) is 0 Å². The van der Waals surface area contributed by atoms with E-state index < -0.39 is 17.0 Å². The summed E-state index contributed by atoms with van der Waals surface area (Å²) in [6, 6.07) is 0. The fourth-order valence-electron chi connectivity index (χ4n) is 1.18. The molecule has 1 N–H and O–H groups in total. The van der Waals surface area contributed by atoms with Crippen LogP contribution < -0.4 is 0 Å². The first-order valence-electron chi connectivity index (χ1n) is 4.91. The van der Waals surface area contributed by atoms with Crippen LogP contribution in [0.1, 0.15) is 33.6 Å². The second-order valence-corrected chi connectivity index (χ2v) is 4.83. The Balaban J connectivity index is 2.63. The summed E-state index contributed by atoms with van der Waals surface area (Å²) >= 11 is 0. The highest BCUT2D eigenvalue weighted by Crippen LogP contribution is 2.48. The van der Waals surface area contributed by atoms with Crippen LogP contribution in [0.3, 0.4) is 0 Å². The van der Waals surface area contributed by atoms with Crippen molar-refractivity contribution in [2.24, 2.45) is 5.41 Å². The van der Waals surface area contributed by atoms with Crippen molar-refractivity contribution in [3.8, 4) is 0 Å². The maximum absolute atomic E-state index is 11.7. The van der Waals surface area contributed by atoms with Gasteiger partial charge in [0.05, 0.1) is 5.41 Å². The van der Waals surface area contributed by atoms with E-state index in [0.29, 0.717) is 12.8 Å². The second kappa shape index (κ2) is 3.68. The number of ether oxygens (including phenoxy) is 1. The largest absolute Gasteiger partial charge is 0.478 e. The molecule has 0 radical (unpaired) electrons. The van der Waals surface area contributed by atoms with Crippen LogP contribution in [0.25, 0.3) is 0 Å². The molecule has 4 nitrogen and oxygen atoms in total. The first kappa shape index (κ1) is 11.8. The monoisotopic (exact) mass is 212 g/mol. The number of carboxylic acid groups (broad SMARTS) is 1. The highest BCUT2D eigenvalue weighted by molar-refractivity contribution is 5.86. The molecule has 0 atom stereocenters. The Hall–Kier alpha value is -1.32. The molecule has 1 saturated carbocycles. The van der Waals surface area contributed by atoms with Crippen LogP contribution in [0, 0.1) is 5.41 Å². The van der Waals surface area contributed by atoms with Gasteiger partial charge in [-0.3, -0.25) is 4.79 Å². The third-order valence-corrected chi connectivity index (χ3v) is 2.14. The quantitative estimate of drug-likeness (QED) is 0.571. The van der Waals surface area contributed by atoms with Gasteiger partial charge in [-0.1, -0.05) is 6.08 Å². The molecule has 0 amide bonds. The van der Waals surface area contributed by atoms with E-state index >= 15 is 0 Å². The molecule has 84 valence electrons. The Morgan fingerprint density at radius 2 is 1.87 bits per heavy atom. The van der Waals surface area contributed by atoms with Crippen molar-refractivity contribution < 1.29 is 19.4 Å². The summed E-state index contributed by atoms with van der Waals surface area (Å²) in [7, 11) is 0. The number of rotatable bonds is 3. The number of esters is 1. The van der Waals surface area contributed by atoms with Crippen molar-refractivity contribution in [1.29, 1.82) is 0 Å². The van der Waals surface area contributed by atoms with Gasteiger partial charge >= 0.3 is 11.9 Å². The van der Waals surface area contributed by atoms with E-state index in [4.69, 9.17) is 9.84 Å². The highest BCUT2D eigenvalue weighted by Gasteiger charge is 2.50. The van der Waals surface area contributed by atoms with Crippen LogP contribution in [-0.4, -0.2) is 22.6 Å². The normalized spacial score (nSPS) is 18.9. The first-order chi connectivity index (χ1) is 6.75. The molecule has 0 aliphatic heterocycles.